The maximum atomic E-state index is 9.91. The van der Waals surface area contributed by atoms with Crippen LogP contribution in [0.4, 0.5) is 0 Å². The van der Waals surface area contributed by atoms with Gasteiger partial charge in [-0.3, -0.25) is 5.11 Å². The van der Waals surface area contributed by atoms with Crippen molar-refractivity contribution in [3.63, 3.8) is 0 Å². The highest BCUT2D eigenvalue weighted by molar-refractivity contribution is 5.09. The Morgan fingerprint density at radius 3 is 2.29 bits per heavy atom. The van der Waals surface area contributed by atoms with Crippen LogP contribution in [0.25, 0.3) is 0 Å². The molecule has 0 bridgehead atoms. The minimum absolute atomic E-state index is 0.787. The molecule has 0 unspecified atom stereocenters. The van der Waals surface area contributed by atoms with Gasteiger partial charge < -0.3 is 0 Å². The summed E-state index contributed by atoms with van der Waals surface area (Å²) in [6.07, 6.45) is 17.9. The van der Waals surface area contributed by atoms with Crippen molar-refractivity contribution in [3.8, 4) is 0 Å². The monoisotopic (exact) mass is 193 g/mol. The molecule has 79 valence electrons. The summed E-state index contributed by atoms with van der Waals surface area (Å²) in [7, 11) is 0. The third kappa shape index (κ3) is 11.0. The van der Waals surface area contributed by atoms with Gasteiger partial charge in [-0.1, -0.05) is 56.9 Å². The number of hydrogen-bond donors (Lipinski definition) is 0. The Kier molecular flexibility index (Phi) is 11.2. The summed E-state index contributed by atoms with van der Waals surface area (Å²) in [6, 6.07) is 0. The minimum atomic E-state index is 0.787. The first-order chi connectivity index (χ1) is 6.91. The molecule has 0 aliphatic carbocycles. The van der Waals surface area contributed by atoms with E-state index in [-0.39, 0.29) is 0 Å². The normalized spacial score (nSPS) is 12.4. The maximum absolute atomic E-state index is 9.91. The molecular weight excluding hydrogens is 172 g/mol. The van der Waals surface area contributed by atoms with Crippen molar-refractivity contribution >= 4 is 0 Å². The Morgan fingerprint density at radius 2 is 1.57 bits per heavy atom. The van der Waals surface area contributed by atoms with Gasteiger partial charge in [-0.05, 0) is 18.9 Å². The van der Waals surface area contributed by atoms with Gasteiger partial charge in [0.05, 0.1) is 0 Å². The molecule has 0 fully saturated rings. The van der Waals surface area contributed by atoms with Crippen LogP contribution >= 0.6 is 0 Å². The summed E-state index contributed by atoms with van der Waals surface area (Å²) in [6.45, 7) is 2.23. The quantitative estimate of drug-likeness (QED) is 0.309. The molecule has 0 aromatic carbocycles. The molecule has 0 atom stereocenters. The third-order valence-electron chi connectivity index (χ3n) is 2.02. The van der Waals surface area contributed by atoms with Crippen molar-refractivity contribution in [1.82, 2.24) is 0 Å². The van der Waals surface area contributed by atoms with Crippen molar-refractivity contribution in [1.29, 1.82) is 0 Å². The van der Waals surface area contributed by atoms with Crippen LogP contribution < -0.4 is 0 Å². The Hall–Kier alpha value is -0.980. The van der Waals surface area contributed by atoms with Gasteiger partial charge in [0, 0.05) is 0 Å². The predicted octanol–water partition coefficient (Wildman–Crippen LogP) is 4.40. The lowest BCUT2D eigenvalue weighted by molar-refractivity contribution is 0.352. The Bertz CT molecular complexity index is 178. The van der Waals surface area contributed by atoms with Crippen molar-refractivity contribution in [2.45, 2.75) is 45.4 Å². The van der Waals surface area contributed by atoms with Crippen LogP contribution in [0.15, 0.2) is 36.6 Å². The van der Waals surface area contributed by atoms with Crippen molar-refractivity contribution in [2.75, 3.05) is 0 Å². The summed E-state index contributed by atoms with van der Waals surface area (Å²) in [4.78, 5) is 0. The number of allylic oxidation sites excluding steroid dienone is 5. The van der Waals surface area contributed by atoms with Crippen LogP contribution in [0.2, 0.25) is 0 Å². The zero-order valence-corrected chi connectivity index (χ0v) is 9.11. The van der Waals surface area contributed by atoms with Gasteiger partial charge in [-0.15, -0.1) is 0 Å². The van der Waals surface area contributed by atoms with Crippen LogP contribution in [-0.2, 0) is 5.11 Å². The lowest BCUT2D eigenvalue weighted by Gasteiger charge is -1.95. The molecule has 0 saturated heterocycles. The summed E-state index contributed by atoms with van der Waals surface area (Å²) >= 11 is 0. The van der Waals surface area contributed by atoms with Crippen LogP contribution in [0.3, 0.4) is 0 Å². The molecule has 0 aromatic heterocycles. The second kappa shape index (κ2) is 12.0. The zero-order valence-electron chi connectivity index (χ0n) is 9.11. The fourth-order valence-electron chi connectivity index (χ4n) is 1.21. The van der Waals surface area contributed by atoms with Gasteiger partial charge in [-0.2, -0.15) is 0 Å². The van der Waals surface area contributed by atoms with E-state index >= 15 is 0 Å². The number of hydrogen-bond acceptors (Lipinski definition) is 0. The number of rotatable bonds is 8. The summed E-state index contributed by atoms with van der Waals surface area (Å²) < 4.78 is 0. The maximum Gasteiger partial charge on any atom is 0.142 e. The highest BCUT2D eigenvalue weighted by atomic mass is 16.2. The van der Waals surface area contributed by atoms with Crippen molar-refractivity contribution in [3.05, 3.63) is 36.6 Å². The first-order valence-corrected chi connectivity index (χ1v) is 5.52. The molecule has 0 N–H and O–H groups in total. The van der Waals surface area contributed by atoms with E-state index in [1.54, 1.807) is 6.08 Å². The summed E-state index contributed by atoms with van der Waals surface area (Å²) in [5, 5.41) is 9.91. The van der Waals surface area contributed by atoms with Crippen molar-refractivity contribution in [2.24, 2.45) is 0 Å². The lowest BCUT2D eigenvalue weighted by atomic mass is 10.1. The molecule has 1 heteroatoms. The minimum Gasteiger partial charge on any atom is -0.299 e. The van der Waals surface area contributed by atoms with Crippen LogP contribution in [0, 0.1) is 0 Å². The molecule has 14 heavy (non-hydrogen) atoms. The zero-order chi connectivity index (χ0) is 10.5. The van der Waals surface area contributed by atoms with Gasteiger partial charge in [0.25, 0.3) is 0 Å². The molecule has 1 nitrogen and oxygen atoms in total. The van der Waals surface area contributed by atoms with E-state index in [1.807, 2.05) is 12.2 Å². The molecule has 0 spiro atoms. The van der Waals surface area contributed by atoms with E-state index in [2.05, 4.69) is 13.0 Å². The van der Waals surface area contributed by atoms with E-state index in [0.29, 0.717) is 0 Å². The highest BCUT2D eigenvalue weighted by Gasteiger charge is 1.85. The average molecular weight is 193 g/mol. The van der Waals surface area contributed by atoms with Crippen LogP contribution in [0.1, 0.15) is 45.4 Å². The average Bonchev–Trinajstić information content (AvgIpc) is 2.21. The molecule has 0 saturated carbocycles. The van der Waals surface area contributed by atoms with Crippen LogP contribution in [-0.4, -0.2) is 0 Å². The largest absolute Gasteiger partial charge is 0.299 e. The molecular formula is C13H21O. The van der Waals surface area contributed by atoms with Gasteiger partial charge in [0.2, 0.25) is 0 Å². The summed E-state index contributed by atoms with van der Waals surface area (Å²) in [5.41, 5.74) is 0. The molecule has 0 aromatic rings. The Morgan fingerprint density at radius 1 is 0.857 bits per heavy atom. The fraction of sp³-hybridized carbons (Fsp3) is 0.538. The van der Waals surface area contributed by atoms with Crippen LogP contribution in [0.5, 0.6) is 0 Å². The Labute approximate surface area is 87.8 Å². The molecule has 0 rings (SSSR count). The SMILES string of the molecule is CCCCCCC/C=C/C=C/C=C/[O]. The fourth-order valence-corrected chi connectivity index (χ4v) is 1.21. The van der Waals surface area contributed by atoms with E-state index in [1.165, 1.54) is 38.2 Å². The van der Waals surface area contributed by atoms with Gasteiger partial charge >= 0.3 is 0 Å². The molecule has 0 heterocycles. The lowest BCUT2D eigenvalue weighted by Crippen LogP contribution is -1.75. The smallest absolute Gasteiger partial charge is 0.142 e. The van der Waals surface area contributed by atoms with Crippen molar-refractivity contribution < 1.29 is 5.11 Å². The third-order valence-corrected chi connectivity index (χ3v) is 2.02. The molecule has 0 amide bonds. The first kappa shape index (κ1) is 13.0. The highest BCUT2D eigenvalue weighted by Crippen LogP contribution is 2.05. The molecule has 1 radical (unpaired) electrons. The topological polar surface area (TPSA) is 19.9 Å². The summed E-state index contributed by atoms with van der Waals surface area (Å²) in [5.74, 6) is 0. The van der Waals surface area contributed by atoms with E-state index < -0.39 is 0 Å². The van der Waals surface area contributed by atoms with Gasteiger partial charge in [0.15, 0.2) is 0 Å². The standard InChI is InChI=1S/C13H21O/c1-2-3-4-5-6-7-8-9-10-11-12-13-14/h8-13H,2-7H2,1H3/b9-8+,11-10+,13-12+. The second-order valence-electron chi connectivity index (χ2n) is 3.34. The first-order valence-electron chi connectivity index (χ1n) is 5.52. The van der Waals surface area contributed by atoms with Gasteiger partial charge in [0.1, 0.15) is 6.26 Å². The van der Waals surface area contributed by atoms with E-state index in [9.17, 15) is 5.11 Å². The Balaban J connectivity index is 3.18. The predicted molar refractivity (Wildman–Crippen MR) is 61.5 cm³/mol. The van der Waals surface area contributed by atoms with E-state index in [0.717, 1.165) is 12.7 Å². The number of unbranched alkanes of at least 4 members (excludes halogenated alkanes) is 5. The molecule has 0 aliphatic heterocycles. The van der Waals surface area contributed by atoms with Gasteiger partial charge in [-0.25, -0.2) is 0 Å². The second-order valence-corrected chi connectivity index (χ2v) is 3.34. The molecule has 0 aliphatic rings. The van der Waals surface area contributed by atoms with E-state index in [4.69, 9.17) is 0 Å².